The molecule has 4 nitrogen and oxygen atoms in total. The van der Waals surface area contributed by atoms with Gasteiger partial charge in [-0.05, 0) is 6.07 Å². The predicted octanol–water partition coefficient (Wildman–Crippen LogP) is -1.08. The first kappa shape index (κ1) is 8.83. The van der Waals surface area contributed by atoms with Crippen molar-refractivity contribution in [3.63, 3.8) is 0 Å². The second-order valence-electron chi connectivity index (χ2n) is 2.24. The standard InChI is InChI=1S/C6H6BFO4/c8-4-2-6(10)5(9)1-3(4)7(11)12/h1-2,9-12H. The molecule has 0 radical (unpaired) electrons. The van der Waals surface area contributed by atoms with Crippen LogP contribution >= 0.6 is 0 Å². The maximum atomic E-state index is 12.7. The maximum absolute atomic E-state index is 12.7. The Morgan fingerprint density at radius 2 is 1.58 bits per heavy atom. The van der Waals surface area contributed by atoms with Crippen molar-refractivity contribution in [3.8, 4) is 11.5 Å². The molecule has 0 aliphatic heterocycles. The van der Waals surface area contributed by atoms with Crippen molar-refractivity contribution in [2.75, 3.05) is 0 Å². The van der Waals surface area contributed by atoms with Crippen LogP contribution in [0.1, 0.15) is 0 Å². The van der Waals surface area contributed by atoms with Crippen molar-refractivity contribution < 1.29 is 24.7 Å². The van der Waals surface area contributed by atoms with Crippen LogP contribution in [0.2, 0.25) is 0 Å². The lowest BCUT2D eigenvalue weighted by molar-refractivity contribution is 0.397. The lowest BCUT2D eigenvalue weighted by atomic mass is 9.80. The number of phenols is 2. The minimum absolute atomic E-state index is 0.481. The third kappa shape index (κ3) is 1.49. The Balaban J connectivity index is 3.23. The third-order valence-electron chi connectivity index (χ3n) is 1.37. The Labute approximate surface area is 67.7 Å². The number of aromatic hydroxyl groups is 2. The summed E-state index contributed by atoms with van der Waals surface area (Å²) in [7, 11) is -2.00. The highest BCUT2D eigenvalue weighted by Crippen LogP contribution is 2.22. The number of phenolic OH excluding ortho intramolecular Hbond substituents is 2. The molecule has 0 spiro atoms. The number of rotatable bonds is 1. The van der Waals surface area contributed by atoms with Gasteiger partial charge in [-0.2, -0.15) is 0 Å². The van der Waals surface area contributed by atoms with E-state index in [4.69, 9.17) is 20.3 Å². The number of hydrogen-bond acceptors (Lipinski definition) is 4. The van der Waals surface area contributed by atoms with Gasteiger partial charge in [-0.25, -0.2) is 4.39 Å². The summed E-state index contributed by atoms with van der Waals surface area (Å²) in [4.78, 5) is 0. The van der Waals surface area contributed by atoms with Crippen LogP contribution in [0.4, 0.5) is 4.39 Å². The highest BCUT2D eigenvalue weighted by molar-refractivity contribution is 6.58. The maximum Gasteiger partial charge on any atom is 0.491 e. The summed E-state index contributed by atoms with van der Waals surface area (Å²) in [5.74, 6) is -2.23. The fourth-order valence-electron chi connectivity index (χ4n) is 0.765. The molecule has 0 saturated carbocycles. The van der Waals surface area contributed by atoms with Crippen molar-refractivity contribution in [2.45, 2.75) is 0 Å². The smallest absolute Gasteiger partial charge is 0.491 e. The lowest BCUT2D eigenvalue weighted by Crippen LogP contribution is -2.32. The van der Waals surface area contributed by atoms with E-state index >= 15 is 0 Å². The Morgan fingerprint density at radius 3 is 2.08 bits per heavy atom. The molecule has 0 amide bonds. The van der Waals surface area contributed by atoms with Gasteiger partial charge in [0.2, 0.25) is 0 Å². The molecule has 0 fully saturated rings. The first-order valence-corrected chi connectivity index (χ1v) is 3.10. The minimum atomic E-state index is -2.00. The summed E-state index contributed by atoms with van der Waals surface area (Å²) in [5, 5.41) is 34.7. The van der Waals surface area contributed by atoms with E-state index in [0.717, 1.165) is 6.07 Å². The summed E-state index contributed by atoms with van der Waals surface area (Å²) in [6.45, 7) is 0. The number of benzene rings is 1. The van der Waals surface area contributed by atoms with Crippen molar-refractivity contribution in [3.05, 3.63) is 17.9 Å². The molecule has 64 valence electrons. The van der Waals surface area contributed by atoms with Gasteiger partial charge in [0.25, 0.3) is 0 Å². The highest BCUT2D eigenvalue weighted by atomic mass is 19.1. The zero-order chi connectivity index (χ0) is 9.30. The Bertz CT molecular complexity index is 302. The summed E-state index contributed by atoms with van der Waals surface area (Å²) >= 11 is 0. The van der Waals surface area contributed by atoms with Gasteiger partial charge < -0.3 is 20.3 Å². The van der Waals surface area contributed by atoms with E-state index < -0.39 is 29.9 Å². The molecule has 1 rings (SSSR count). The van der Waals surface area contributed by atoms with Gasteiger partial charge in [-0.1, -0.05) is 0 Å². The molecule has 0 bridgehead atoms. The molecular formula is C6H6BFO4. The topological polar surface area (TPSA) is 80.9 Å². The minimum Gasteiger partial charge on any atom is -0.504 e. The zero-order valence-corrected chi connectivity index (χ0v) is 5.90. The van der Waals surface area contributed by atoms with E-state index in [-0.39, 0.29) is 0 Å². The normalized spacial score (nSPS) is 9.92. The lowest BCUT2D eigenvalue weighted by Gasteiger charge is -2.03. The van der Waals surface area contributed by atoms with Crippen LogP contribution in [0.15, 0.2) is 12.1 Å². The van der Waals surface area contributed by atoms with E-state index in [1.165, 1.54) is 0 Å². The summed E-state index contributed by atoms with van der Waals surface area (Å²) in [6.07, 6.45) is 0. The van der Waals surface area contributed by atoms with Crippen molar-refractivity contribution >= 4 is 12.6 Å². The molecule has 0 aliphatic carbocycles. The number of hydrogen-bond donors (Lipinski definition) is 4. The van der Waals surface area contributed by atoms with E-state index in [9.17, 15) is 4.39 Å². The van der Waals surface area contributed by atoms with Gasteiger partial charge in [-0.15, -0.1) is 0 Å². The van der Waals surface area contributed by atoms with Crippen LogP contribution in [0.25, 0.3) is 0 Å². The molecule has 0 unspecified atom stereocenters. The van der Waals surface area contributed by atoms with Crippen LogP contribution in [0.5, 0.6) is 11.5 Å². The van der Waals surface area contributed by atoms with Crippen LogP contribution in [-0.2, 0) is 0 Å². The van der Waals surface area contributed by atoms with E-state index in [2.05, 4.69) is 0 Å². The van der Waals surface area contributed by atoms with Crippen molar-refractivity contribution in [1.82, 2.24) is 0 Å². The van der Waals surface area contributed by atoms with Gasteiger partial charge in [0.1, 0.15) is 5.82 Å². The molecule has 1 aromatic rings. The number of halogens is 1. The van der Waals surface area contributed by atoms with Crippen molar-refractivity contribution in [1.29, 1.82) is 0 Å². The molecule has 4 N–H and O–H groups in total. The molecule has 0 aromatic heterocycles. The van der Waals surface area contributed by atoms with Crippen LogP contribution < -0.4 is 5.46 Å². The second-order valence-corrected chi connectivity index (χ2v) is 2.24. The molecule has 0 atom stereocenters. The van der Waals surface area contributed by atoms with Crippen molar-refractivity contribution in [2.24, 2.45) is 0 Å². The molecule has 12 heavy (non-hydrogen) atoms. The van der Waals surface area contributed by atoms with E-state index in [1.54, 1.807) is 0 Å². The molecule has 1 aromatic carbocycles. The predicted molar refractivity (Wildman–Crippen MR) is 39.6 cm³/mol. The Morgan fingerprint density at radius 1 is 1.08 bits per heavy atom. The molecule has 6 heteroatoms. The quantitative estimate of drug-likeness (QED) is 0.320. The largest absolute Gasteiger partial charge is 0.504 e. The average molecular weight is 172 g/mol. The van der Waals surface area contributed by atoms with Crippen LogP contribution in [0.3, 0.4) is 0 Å². The monoisotopic (exact) mass is 172 g/mol. The first-order valence-electron chi connectivity index (χ1n) is 3.10. The fourth-order valence-corrected chi connectivity index (χ4v) is 0.765. The first-order chi connectivity index (χ1) is 5.52. The molecule has 0 heterocycles. The average Bonchev–Trinajstić information content (AvgIpc) is 1.96. The van der Waals surface area contributed by atoms with Crippen LogP contribution in [-0.4, -0.2) is 27.4 Å². The Kier molecular flexibility index (Phi) is 2.21. The highest BCUT2D eigenvalue weighted by Gasteiger charge is 2.18. The molecule has 0 aliphatic rings. The van der Waals surface area contributed by atoms with Gasteiger partial charge in [0.15, 0.2) is 11.5 Å². The van der Waals surface area contributed by atoms with Gasteiger partial charge in [-0.3, -0.25) is 0 Å². The molecule has 0 saturated heterocycles. The SMILES string of the molecule is OB(O)c1cc(O)c(O)cc1F. The van der Waals surface area contributed by atoms with Gasteiger partial charge >= 0.3 is 7.12 Å². The summed E-state index contributed by atoms with van der Waals surface area (Å²) < 4.78 is 12.7. The zero-order valence-electron chi connectivity index (χ0n) is 5.90. The van der Waals surface area contributed by atoms with Gasteiger partial charge in [0, 0.05) is 11.5 Å². The van der Waals surface area contributed by atoms with Crippen LogP contribution in [0, 0.1) is 5.82 Å². The molecular weight excluding hydrogens is 166 g/mol. The van der Waals surface area contributed by atoms with Gasteiger partial charge in [0.05, 0.1) is 0 Å². The summed E-state index contributed by atoms with van der Waals surface area (Å²) in [5.41, 5.74) is -0.481. The Hall–Kier alpha value is -1.27. The second kappa shape index (κ2) is 3.00. The summed E-state index contributed by atoms with van der Waals surface area (Å²) in [6, 6.07) is 1.35. The van der Waals surface area contributed by atoms with E-state index in [1.807, 2.05) is 0 Å². The third-order valence-corrected chi connectivity index (χ3v) is 1.37. The fraction of sp³-hybridized carbons (Fsp3) is 0. The van der Waals surface area contributed by atoms with E-state index in [0.29, 0.717) is 6.07 Å².